The summed E-state index contributed by atoms with van der Waals surface area (Å²) < 4.78 is 40.6. The minimum atomic E-state index is -4.33. The van der Waals surface area contributed by atoms with Crippen LogP contribution in [-0.4, -0.2) is 32.1 Å². The van der Waals surface area contributed by atoms with E-state index in [0.29, 0.717) is 15.5 Å². The Morgan fingerprint density at radius 2 is 2.14 bits per heavy atom. The zero-order valence-corrected chi connectivity index (χ0v) is 13.4. The highest BCUT2D eigenvalue weighted by atomic mass is 32.2. The molecule has 1 N–H and O–H groups in total. The van der Waals surface area contributed by atoms with Gasteiger partial charge in [-0.2, -0.15) is 36.7 Å². The van der Waals surface area contributed by atoms with Crippen LogP contribution in [0.3, 0.4) is 0 Å². The van der Waals surface area contributed by atoms with Crippen LogP contribution in [0.4, 0.5) is 13.2 Å². The first-order valence-corrected chi connectivity index (χ1v) is 9.05. The van der Waals surface area contributed by atoms with Crippen molar-refractivity contribution < 1.29 is 13.2 Å². The Balaban J connectivity index is 1.95. The lowest BCUT2D eigenvalue weighted by atomic mass is 10.2. The standard InChI is InChI=1S/C13H13F3N2S3/c14-13(15,16)8-1-2-11-10(5-8)17-12(19)18(11)6-9-7-20-3-4-21-9/h1-2,5,9H,3-4,6-7H2,(H,17,19). The number of imidazole rings is 1. The highest BCUT2D eigenvalue weighted by Gasteiger charge is 2.30. The summed E-state index contributed by atoms with van der Waals surface area (Å²) in [5.74, 6) is 3.33. The summed E-state index contributed by atoms with van der Waals surface area (Å²) in [6.07, 6.45) is -4.33. The summed E-state index contributed by atoms with van der Waals surface area (Å²) in [7, 11) is 0. The molecule has 2 nitrogen and oxygen atoms in total. The van der Waals surface area contributed by atoms with Gasteiger partial charge in [0, 0.05) is 29.1 Å². The van der Waals surface area contributed by atoms with Gasteiger partial charge in [-0.3, -0.25) is 0 Å². The molecule has 1 aliphatic rings. The molecular weight excluding hydrogens is 337 g/mol. The molecule has 1 saturated heterocycles. The van der Waals surface area contributed by atoms with Gasteiger partial charge in [-0.1, -0.05) is 0 Å². The molecule has 0 amide bonds. The van der Waals surface area contributed by atoms with Crippen molar-refractivity contribution in [1.29, 1.82) is 0 Å². The number of hydrogen-bond acceptors (Lipinski definition) is 3. The van der Waals surface area contributed by atoms with Crippen molar-refractivity contribution in [1.82, 2.24) is 9.55 Å². The molecule has 0 bridgehead atoms. The Bertz CT molecular complexity index is 699. The molecule has 3 rings (SSSR count). The molecule has 8 heteroatoms. The van der Waals surface area contributed by atoms with E-state index < -0.39 is 11.7 Å². The van der Waals surface area contributed by atoms with E-state index in [-0.39, 0.29) is 0 Å². The van der Waals surface area contributed by atoms with E-state index in [1.165, 1.54) is 6.07 Å². The quantitative estimate of drug-likeness (QED) is 0.802. The van der Waals surface area contributed by atoms with Gasteiger partial charge in [0.25, 0.3) is 0 Å². The molecule has 0 saturated carbocycles. The van der Waals surface area contributed by atoms with E-state index in [0.717, 1.165) is 41.5 Å². The van der Waals surface area contributed by atoms with Crippen LogP contribution in [0.15, 0.2) is 18.2 Å². The van der Waals surface area contributed by atoms with Crippen LogP contribution in [-0.2, 0) is 12.7 Å². The van der Waals surface area contributed by atoms with Gasteiger partial charge in [0.2, 0.25) is 0 Å². The van der Waals surface area contributed by atoms with Gasteiger partial charge in [0.1, 0.15) is 0 Å². The van der Waals surface area contributed by atoms with E-state index in [1.54, 1.807) is 0 Å². The lowest BCUT2D eigenvalue weighted by molar-refractivity contribution is -0.137. The molecule has 1 unspecified atom stereocenters. The highest BCUT2D eigenvalue weighted by Crippen LogP contribution is 2.32. The SMILES string of the molecule is FC(F)(F)c1ccc2c(c1)[nH]c(=S)n2CC1CSCCS1. The maximum Gasteiger partial charge on any atom is 0.416 e. The lowest BCUT2D eigenvalue weighted by Gasteiger charge is -2.21. The van der Waals surface area contributed by atoms with Crippen molar-refractivity contribution in [3.8, 4) is 0 Å². The van der Waals surface area contributed by atoms with Crippen LogP contribution in [0, 0.1) is 4.77 Å². The number of alkyl halides is 3. The first kappa shape index (κ1) is 15.3. The van der Waals surface area contributed by atoms with Gasteiger partial charge >= 0.3 is 6.18 Å². The van der Waals surface area contributed by atoms with Gasteiger partial charge in [0.05, 0.1) is 16.6 Å². The highest BCUT2D eigenvalue weighted by molar-refractivity contribution is 8.06. The third kappa shape index (κ3) is 3.27. The van der Waals surface area contributed by atoms with E-state index in [1.807, 2.05) is 28.1 Å². The molecule has 2 heterocycles. The van der Waals surface area contributed by atoms with Crippen LogP contribution >= 0.6 is 35.7 Å². The average Bonchev–Trinajstić information content (AvgIpc) is 2.75. The van der Waals surface area contributed by atoms with Crippen LogP contribution in [0.5, 0.6) is 0 Å². The second-order valence-electron chi connectivity index (χ2n) is 4.84. The second-order valence-corrected chi connectivity index (χ2v) is 7.78. The summed E-state index contributed by atoms with van der Waals surface area (Å²) in [6.45, 7) is 0.738. The summed E-state index contributed by atoms with van der Waals surface area (Å²) >= 11 is 9.09. The van der Waals surface area contributed by atoms with Crippen LogP contribution in [0.1, 0.15) is 5.56 Å². The summed E-state index contributed by atoms with van der Waals surface area (Å²) in [5, 5.41) is 0.455. The maximum absolute atomic E-state index is 12.7. The number of halogens is 3. The molecule has 2 aromatic rings. The van der Waals surface area contributed by atoms with E-state index in [2.05, 4.69) is 4.98 Å². The smallest absolute Gasteiger partial charge is 0.331 e. The third-order valence-corrected chi connectivity index (χ3v) is 6.52. The molecule has 21 heavy (non-hydrogen) atoms. The molecule has 1 aliphatic heterocycles. The summed E-state index contributed by atoms with van der Waals surface area (Å²) in [6, 6.07) is 3.75. The van der Waals surface area contributed by atoms with Crippen LogP contribution in [0.2, 0.25) is 0 Å². The number of aromatic nitrogens is 2. The molecule has 1 fully saturated rings. The zero-order chi connectivity index (χ0) is 15.0. The van der Waals surface area contributed by atoms with E-state index in [4.69, 9.17) is 12.2 Å². The molecular formula is C13H13F3N2S3. The van der Waals surface area contributed by atoms with Crippen molar-refractivity contribution in [2.24, 2.45) is 0 Å². The summed E-state index contributed by atoms with van der Waals surface area (Å²) in [5.41, 5.74) is 0.536. The fraction of sp³-hybridized carbons (Fsp3) is 0.462. The number of nitrogens with one attached hydrogen (secondary N) is 1. The Labute approximate surface area is 133 Å². The number of hydrogen-bond donors (Lipinski definition) is 1. The first-order chi connectivity index (χ1) is 9.95. The Morgan fingerprint density at radius 1 is 1.33 bits per heavy atom. The molecule has 1 atom stereocenters. The predicted molar refractivity (Wildman–Crippen MR) is 85.7 cm³/mol. The minimum absolute atomic E-state index is 0.447. The van der Waals surface area contributed by atoms with Gasteiger partial charge in [-0.15, -0.1) is 0 Å². The molecule has 0 radical (unpaired) electrons. The Kier molecular flexibility index (Phi) is 4.29. The molecule has 0 aliphatic carbocycles. The van der Waals surface area contributed by atoms with Gasteiger partial charge in [-0.05, 0) is 30.4 Å². The molecule has 114 valence electrons. The second kappa shape index (κ2) is 5.89. The monoisotopic (exact) mass is 350 g/mol. The number of nitrogens with zero attached hydrogens (tertiary/aromatic N) is 1. The van der Waals surface area contributed by atoms with Crippen molar-refractivity contribution in [3.05, 3.63) is 28.5 Å². The fourth-order valence-electron chi connectivity index (χ4n) is 2.37. The predicted octanol–water partition coefficient (Wildman–Crippen LogP) is 4.57. The van der Waals surface area contributed by atoms with Crippen molar-refractivity contribution >= 4 is 46.8 Å². The Morgan fingerprint density at radius 3 is 2.81 bits per heavy atom. The Hall–Kier alpha value is -0.600. The topological polar surface area (TPSA) is 20.7 Å². The van der Waals surface area contributed by atoms with Crippen LogP contribution in [0.25, 0.3) is 11.0 Å². The van der Waals surface area contributed by atoms with Crippen molar-refractivity contribution in [3.63, 3.8) is 0 Å². The molecule has 1 aromatic carbocycles. The third-order valence-electron chi connectivity index (χ3n) is 3.37. The van der Waals surface area contributed by atoms with E-state index >= 15 is 0 Å². The number of H-pyrrole nitrogens is 1. The number of thioether (sulfide) groups is 2. The summed E-state index contributed by atoms with van der Waals surface area (Å²) in [4.78, 5) is 2.89. The minimum Gasteiger partial charge on any atom is -0.331 e. The average molecular weight is 350 g/mol. The lowest BCUT2D eigenvalue weighted by Crippen LogP contribution is -2.20. The van der Waals surface area contributed by atoms with E-state index in [9.17, 15) is 13.2 Å². The molecule has 1 aromatic heterocycles. The normalized spacial score (nSPS) is 20.0. The first-order valence-electron chi connectivity index (χ1n) is 6.44. The number of aromatic amines is 1. The van der Waals surface area contributed by atoms with Crippen LogP contribution < -0.4 is 0 Å². The number of fused-ring (bicyclic) bond motifs is 1. The fourth-order valence-corrected chi connectivity index (χ4v) is 5.30. The maximum atomic E-state index is 12.7. The largest absolute Gasteiger partial charge is 0.416 e. The molecule has 0 spiro atoms. The van der Waals surface area contributed by atoms with Crippen molar-refractivity contribution in [2.75, 3.05) is 17.3 Å². The van der Waals surface area contributed by atoms with Crippen molar-refractivity contribution in [2.45, 2.75) is 18.0 Å². The zero-order valence-electron chi connectivity index (χ0n) is 10.9. The van der Waals surface area contributed by atoms with Gasteiger partial charge < -0.3 is 9.55 Å². The number of rotatable bonds is 2. The number of benzene rings is 1. The van der Waals surface area contributed by atoms with Gasteiger partial charge in [0.15, 0.2) is 4.77 Å². The van der Waals surface area contributed by atoms with Gasteiger partial charge in [-0.25, -0.2) is 0 Å².